The van der Waals surface area contributed by atoms with E-state index in [1.807, 2.05) is 30.7 Å². The van der Waals surface area contributed by atoms with E-state index in [0.29, 0.717) is 0 Å². The zero-order chi connectivity index (χ0) is 51.3. The molecule has 0 N–H and O–H groups in total. The Bertz CT molecular complexity index is 2500. The molecule has 2 atom stereocenters. The summed E-state index contributed by atoms with van der Waals surface area (Å²) >= 11 is 4.40. The van der Waals surface area contributed by atoms with E-state index >= 15 is 35.1 Å². The van der Waals surface area contributed by atoms with Crippen molar-refractivity contribution in [2.75, 3.05) is 0 Å². The van der Waals surface area contributed by atoms with Crippen LogP contribution >= 0.6 is 36.0 Å². The van der Waals surface area contributed by atoms with Crippen LogP contribution in [-0.2, 0) is 23.8 Å². The fourth-order valence-electron chi connectivity index (χ4n) is 5.94. The Morgan fingerprint density at radius 1 is 0.290 bits per heavy atom. The third-order valence-electron chi connectivity index (χ3n) is 9.08. The van der Waals surface area contributed by atoms with Gasteiger partial charge in [0.1, 0.15) is 28.5 Å². The molecule has 0 bridgehead atoms. The molecule has 0 aromatic heterocycles. The summed E-state index contributed by atoms with van der Waals surface area (Å²) < 4.78 is 311. The van der Waals surface area contributed by atoms with Gasteiger partial charge in [0.15, 0.2) is 93.1 Å². The Hall–Kier alpha value is -4.47. The van der Waals surface area contributed by atoms with E-state index in [0.717, 1.165) is 60.7 Å². The molecular weight excluding hydrogens is 1220 g/mol. The van der Waals surface area contributed by atoms with E-state index in [1.165, 1.54) is 0 Å². The van der Waals surface area contributed by atoms with Crippen LogP contribution in [0.1, 0.15) is 23.3 Å². The molecule has 366 valence electrons. The third kappa shape index (κ3) is 10.9. The molecule has 0 heterocycles. The van der Waals surface area contributed by atoms with Crippen LogP contribution in [0.5, 0.6) is 0 Å². The number of rotatable bonds is 11. The zero-order valence-electron chi connectivity index (χ0n) is 32.8. The van der Waals surface area contributed by atoms with Crippen molar-refractivity contribution in [2.45, 2.75) is 12.2 Å². The van der Waals surface area contributed by atoms with Crippen molar-refractivity contribution in [3.63, 3.8) is 0 Å². The molecule has 0 unspecified atom stereocenters. The Balaban J connectivity index is 0.00000118. The summed E-state index contributed by atoms with van der Waals surface area (Å²) in [5.74, 6) is -59.1. The van der Waals surface area contributed by atoms with Crippen LogP contribution in [0.3, 0.4) is 0 Å². The van der Waals surface area contributed by atoms with Crippen LogP contribution < -0.4 is 21.2 Å². The van der Waals surface area contributed by atoms with Crippen molar-refractivity contribution in [3.05, 3.63) is 219 Å². The predicted molar refractivity (Wildman–Crippen MR) is 214 cm³/mol. The van der Waals surface area contributed by atoms with E-state index in [-0.39, 0.29) is 0 Å². The van der Waals surface area contributed by atoms with Crippen molar-refractivity contribution in [3.8, 4) is 0 Å². The first-order valence-corrected chi connectivity index (χ1v) is 25.7. The molecule has 2 nitrogen and oxygen atoms in total. The maximum atomic E-state index is 15.6. The molecule has 1 aliphatic carbocycles. The van der Waals surface area contributed by atoms with E-state index in [1.54, 1.807) is 0 Å². The molecule has 0 aliphatic heterocycles. The van der Waals surface area contributed by atoms with Crippen molar-refractivity contribution in [1.82, 2.24) is 0 Å². The van der Waals surface area contributed by atoms with Gasteiger partial charge in [-0.3, -0.25) is 0 Å². The fourth-order valence-corrected chi connectivity index (χ4v) is 9.94. The minimum absolute atomic E-state index is 0.689. The molecule has 0 saturated heterocycles. The number of halogens is 21. The zero-order valence-corrected chi connectivity index (χ0v) is 38.5. The summed E-state index contributed by atoms with van der Waals surface area (Å²) in [6.45, 7) is 0. The molecule has 69 heavy (non-hydrogen) atoms. The van der Waals surface area contributed by atoms with Gasteiger partial charge in [0.2, 0.25) is 23.3 Å². The molecule has 6 aromatic rings. The van der Waals surface area contributed by atoms with Crippen molar-refractivity contribution in [1.29, 1.82) is 0 Å². The summed E-state index contributed by atoms with van der Waals surface area (Å²) in [5, 5.41) is -9.80. The van der Waals surface area contributed by atoms with Crippen LogP contribution in [0, 0.1) is 123 Å². The number of benzene rings is 6. The molecule has 7 rings (SSSR count). The molecule has 1 aliphatic rings. The predicted octanol–water partition coefficient (Wildman–Crippen LogP) is 13.6. The second kappa shape index (κ2) is 23.6. The van der Waals surface area contributed by atoms with E-state index < -0.39 is 177 Å². The molecule has 0 fully saturated rings. The summed E-state index contributed by atoms with van der Waals surface area (Å²) in [5.41, 5.74) is -1.38. The molecule has 0 amide bonds. The van der Waals surface area contributed by atoms with Gasteiger partial charge >= 0.3 is 34.5 Å². The first kappa shape index (κ1) is 55.5. The van der Waals surface area contributed by atoms with Crippen molar-refractivity contribution < 1.29 is 112 Å². The average Bonchev–Trinajstić information content (AvgIpc) is 3.97. The number of hydrogen-bond acceptors (Lipinski definition) is 2. The van der Waals surface area contributed by atoms with Gasteiger partial charge in [-0.2, -0.15) is 0 Å². The summed E-state index contributed by atoms with van der Waals surface area (Å²) in [4.78, 5) is 0. The van der Waals surface area contributed by atoms with E-state index in [4.69, 9.17) is 9.05 Å². The Labute approximate surface area is 398 Å². The van der Waals surface area contributed by atoms with Gasteiger partial charge in [-0.05, 0) is 11.1 Å². The maximum absolute atomic E-state index is 15.6. The minimum atomic E-state index is -4.80. The van der Waals surface area contributed by atoms with Gasteiger partial charge < -0.3 is 9.05 Å². The monoisotopic (exact) mass is 1240 g/mol. The van der Waals surface area contributed by atoms with Crippen LogP contribution in [-0.4, -0.2) is 0 Å². The third-order valence-corrected chi connectivity index (χ3v) is 13.2. The topological polar surface area (TPSA) is 18.5 Å². The average molecular weight is 1240 g/mol. The second-order valence-electron chi connectivity index (χ2n) is 13.1. The van der Waals surface area contributed by atoms with Gasteiger partial charge in [0.25, 0.3) is 0 Å². The van der Waals surface area contributed by atoms with Gasteiger partial charge in [-0.1, -0.05) is 85.0 Å². The summed E-state index contributed by atoms with van der Waals surface area (Å²) in [7, 11) is -9.60. The molecule has 0 spiro atoms. The van der Waals surface area contributed by atoms with E-state index in [2.05, 4.69) is 34.5 Å². The molecule has 6 aromatic carbocycles. The van der Waals surface area contributed by atoms with Crippen LogP contribution in [0.25, 0.3) is 0 Å². The van der Waals surface area contributed by atoms with Crippen molar-refractivity contribution >= 4 is 57.3 Å². The van der Waals surface area contributed by atoms with Crippen LogP contribution in [0.4, 0.5) is 87.8 Å². The van der Waals surface area contributed by atoms with Gasteiger partial charge in [-0.15, -0.1) is 0 Å². The first-order chi connectivity index (χ1) is 32.6. The van der Waals surface area contributed by atoms with Gasteiger partial charge in [0, 0.05) is 6.42 Å². The quantitative estimate of drug-likeness (QED) is 0.0321. The van der Waals surface area contributed by atoms with Crippen LogP contribution in [0.2, 0.25) is 0 Å². The summed E-state index contributed by atoms with van der Waals surface area (Å²) in [6, 6.07) is 9.64. The van der Waals surface area contributed by atoms with E-state index in [9.17, 15) is 52.7 Å². The fraction of sp³-hybridized carbons (Fsp3) is 0.0465. The molecular formula is C43H17F20IO2P2Ru. The SMILES string of the molecule is Fc1c(F)c(F)c(P(O[C@@H](c2ccccc2)[C@@H](OP(c2c(F)c(F)c(F)c(F)c2F)c2c(F)c(F)c(F)c(F)c2F)c2ccccc2)c2c(F)c(F)c(F)c(F)c2F)c(F)c1F.[CH]1C=CC=C1.[Ru][I]. The Kier molecular flexibility index (Phi) is 19.0. The molecule has 1 radical (unpaired) electrons. The second-order valence-corrected chi connectivity index (χ2v) is 16.5. The normalized spacial score (nSPS) is 12.9. The standard InChI is InChI=1S/C38H12F20O2P2.C5H5.HI.Ru/c39-13-17(43)25(51)35(26(52)18(13)44)61(36-27(53)19(45)14(40)20(46)28(36)54)59-33(11-7-3-1-4-8-11)34(12-9-5-2-6-10-12)60-62(37-29(55)21(47)15(41)22(48)30(37)56)38-31(57)23(49)16(42)24(50)32(38)58;1-2-4-5-3-1;;/h1-10,33-34H;1-5H;1H;/q;;;+1/p-1/t33-,34-;;;/m0.../s1. The Morgan fingerprint density at radius 3 is 0.652 bits per heavy atom. The number of allylic oxidation sites excluding steroid dienone is 4. The number of hydrogen-bond donors (Lipinski definition) is 0. The molecule has 26 heteroatoms. The first-order valence-electron chi connectivity index (χ1n) is 18.0. The Morgan fingerprint density at radius 2 is 0.478 bits per heavy atom. The summed E-state index contributed by atoms with van der Waals surface area (Å²) in [6.07, 6.45) is 4.39. The van der Waals surface area contributed by atoms with Crippen molar-refractivity contribution in [2.24, 2.45) is 0 Å². The van der Waals surface area contributed by atoms with Crippen LogP contribution in [0.15, 0.2) is 85.0 Å². The van der Waals surface area contributed by atoms with Gasteiger partial charge in [-0.25, -0.2) is 87.8 Å². The van der Waals surface area contributed by atoms with Gasteiger partial charge in [0.05, 0.1) is 21.2 Å². The molecule has 0 saturated carbocycles.